The van der Waals surface area contributed by atoms with Crippen LogP contribution in [0.3, 0.4) is 0 Å². The van der Waals surface area contributed by atoms with E-state index in [1.807, 2.05) is 0 Å². The van der Waals surface area contributed by atoms with Crippen molar-refractivity contribution >= 4 is 34.6 Å². The van der Waals surface area contributed by atoms with Crippen LogP contribution in [-0.2, 0) is 4.79 Å². The van der Waals surface area contributed by atoms with E-state index in [-0.39, 0.29) is 23.3 Å². The lowest BCUT2D eigenvalue weighted by atomic mass is 10.1. The molecule has 2 aromatic carbocycles. The Balaban J connectivity index is 1.64. The molecule has 0 bridgehead atoms. The Bertz CT molecular complexity index is 972. The summed E-state index contributed by atoms with van der Waals surface area (Å²) >= 11 is 0. The van der Waals surface area contributed by atoms with Crippen LogP contribution in [0.4, 0.5) is 14.5 Å². The maximum Gasteiger partial charge on any atom is 0.227 e. The maximum absolute atomic E-state index is 14.1. The number of carbonyl (C=O) groups excluding carboxylic acids is 1. The standard InChI is InChI=1S/C19H15F2N3O/c20-13-6-1-11(2-7-13)3-8-16-14-9-18(22-19(25)12-4-5-12)15(21)10-17(14)24-23-16/h1-3,6-10,12H,4-5H2,(H,22,25)(H,23,24)/b8-3+. The molecule has 1 heterocycles. The highest BCUT2D eigenvalue weighted by Gasteiger charge is 2.30. The number of benzene rings is 2. The second-order valence-electron chi connectivity index (χ2n) is 6.13. The van der Waals surface area contributed by atoms with Gasteiger partial charge in [-0.2, -0.15) is 5.10 Å². The Morgan fingerprint density at radius 3 is 2.64 bits per heavy atom. The molecule has 2 N–H and O–H groups in total. The van der Waals surface area contributed by atoms with Gasteiger partial charge in [0.15, 0.2) is 0 Å². The van der Waals surface area contributed by atoms with Crippen molar-refractivity contribution in [1.82, 2.24) is 10.2 Å². The maximum atomic E-state index is 14.1. The predicted octanol–water partition coefficient (Wildman–Crippen LogP) is 4.36. The first-order valence-corrected chi connectivity index (χ1v) is 8.02. The third kappa shape index (κ3) is 3.28. The highest BCUT2D eigenvalue weighted by Crippen LogP contribution is 2.31. The Morgan fingerprint density at radius 2 is 1.92 bits per heavy atom. The van der Waals surface area contributed by atoms with Gasteiger partial charge in [-0.1, -0.05) is 18.2 Å². The molecule has 1 fully saturated rings. The third-order valence-electron chi connectivity index (χ3n) is 4.19. The van der Waals surface area contributed by atoms with Crippen LogP contribution in [0.5, 0.6) is 0 Å². The topological polar surface area (TPSA) is 57.8 Å². The average molecular weight is 339 g/mol. The summed E-state index contributed by atoms with van der Waals surface area (Å²) in [5, 5.41) is 10.3. The molecule has 0 saturated heterocycles. The zero-order valence-corrected chi connectivity index (χ0v) is 13.2. The second-order valence-corrected chi connectivity index (χ2v) is 6.13. The molecule has 4 rings (SSSR count). The van der Waals surface area contributed by atoms with E-state index < -0.39 is 5.82 Å². The molecule has 6 heteroatoms. The van der Waals surface area contributed by atoms with Crippen molar-refractivity contribution in [2.75, 3.05) is 5.32 Å². The number of nitrogens with zero attached hydrogens (tertiary/aromatic N) is 1. The molecule has 0 unspecified atom stereocenters. The van der Waals surface area contributed by atoms with Crippen LogP contribution < -0.4 is 5.32 Å². The van der Waals surface area contributed by atoms with E-state index in [4.69, 9.17) is 0 Å². The number of aromatic amines is 1. The Labute approximate surface area is 142 Å². The summed E-state index contributed by atoms with van der Waals surface area (Å²) in [6, 6.07) is 8.97. The zero-order valence-electron chi connectivity index (χ0n) is 13.2. The number of hydrogen-bond donors (Lipinski definition) is 2. The highest BCUT2D eigenvalue weighted by molar-refractivity contribution is 5.98. The summed E-state index contributed by atoms with van der Waals surface area (Å²) in [5.74, 6) is -0.949. The van der Waals surface area contributed by atoms with Crippen molar-refractivity contribution in [2.45, 2.75) is 12.8 Å². The molecule has 1 saturated carbocycles. The lowest BCUT2D eigenvalue weighted by molar-refractivity contribution is -0.117. The molecule has 126 valence electrons. The first-order valence-electron chi connectivity index (χ1n) is 8.02. The van der Waals surface area contributed by atoms with Gasteiger partial charge >= 0.3 is 0 Å². The quantitative estimate of drug-likeness (QED) is 0.742. The largest absolute Gasteiger partial charge is 0.323 e. The van der Waals surface area contributed by atoms with Crippen molar-refractivity contribution in [3.8, 4) is 0 Å². The average Bonchev–Trinajstić information content (AvgIpc) is 3.38. The first-order chi connectivity index (χ1) is 12.1. The van der Waals surface area contributed by atoms with Gasteiger partial charge in [-0.05, 0) is 42.7 Å². The fourth-order valence-corrected chi connectivity index (χ4v) is 2.61. The number of H-pyrrole nitrogens is 1. The van der Waals surface area contributed by atoms with E-state index in [1.165, 1.54) is 18.2 Å². The van der Waals surface area contributed by atoms with Crippen LogP contribution in [-0.4, -0.2) is 16.1 Å². The van der Waals surface area contributed by atoms with Gasteiger partial charge in [0, 0.05) is 17.4 Å². The van der Waals surface area contributed by atoms with Crippen molar-refractivity contribution in [2.24, 2.45) is 5.92 Å². The number of nitrogens with one attached hydrogen (secondary N) is 2. The summed E-state index contributed by atoms with van der Waals surface area (Å²) in [5.41, 5.74) is 2.13. The van der Waals surface area contributed by atoms with Crippen molar-refractivity contribution < 1.29 is 13.6 Å². The smallest absolute Gasteiger partial charge is 0.227 e. The van der Waals surface area contributed by atoms with Gasteiger partial charge in [0.25, 0.3) is 0 Å². The summed E-state index contributed by atoms with van der Waals surface area (Å²) in [7, 11) is 0. The normalized spacial score (nSPS) is 14.3. The Kier molecular flexibility index (Phi) is 3.80. The van der Waals surface area contributed by atoms with Crippen LogP contribution in [0, 0.1) is 17.6 Å². The number of hydrogen-bond acceptors (Lipinski definition) is 2. The fraction of sp³-hybridized carbons (Fsp3) is 0.158. The summed E-state index contributed by atoms with van der Waals surface area (Å²) < 4.78 is 27.1. The molecule has 1 amide bonds. The van der Waals surface area contributed by atoms with E-state index in [2.05, 4.69) is 15.5 Å². The molecule has 0 spiro atoms. The van der Waals surface area contributed by atoms with E-state index >= 15 is 0 Å². The van der Waals surface area contributed by atoms with E-state index in [0.717, 1.165) is 18.4 Å². The molecule has 4 nitrogen and oxygen atoms in total. The van der Waals surface area contributed by atoms with Crippen LogP contribution in [0.2, 0.25) is 0 Å². The monoisotopic (exact) mass is 339 g/mol. The van der Waals surface area contributed by atoms with E-state index in [1.54, 1.807) is 30.4 Å². The molecule has 1 aliphatic rings. The molecule has 3 aromatic rings. The van der Waals surface area contributed by atoms with Gasteiger partial charge in [0.05, 0.1) is 16.9 Å². The number of fused-ring (bicyclic) bond motifs is 1. The zero-order chi connectivity index (χ0) is 17.4. The van der Waals surface area contributed by atoms with Gasteiger partial charge in [-0.25, -0.2) is 8.78 Å². The molecular weight excluding hydrogens is 324 g/mol. The fourth-order valence-electron chi connectivity index (χ4n) is 2.61. The number of halogens is 2. The molecule has 1 aliphatic carbocycles. The summed E-state index contributed by atoms with van der Waals surface area (Å²) in [6.07, 6.45) is 5.26. The second kappa shape index (κ2) is 6.12. The molecule has 0 atom stereocenters. The first kappa shape index (κ1) is 15.5. The SMILES string of the molecule is O=C(Nc1cc2c(/C=C/c3ccc(F)cc3)n[nH]c2cc1F)C1CC1. The lowest BCUT2D eigenvalue weighted by Crippen LogP contribution is -2.14. The van der Waals surface area contributed by atoms with Gasteiger partial charge in [0.2, 0.25) is 5.91 Å². The van der Waals surface area contributed by atoms with Gasteiger partial charge in [-0.3, -0.25) is 9.89 Å². The lowest BCUT2D eigenvalue weighted by Gasteiger charge is -2.06. The van der Waals surface area contributed by atoms with Gasteiger partial charge in [-0.15, -0.1) is 0 Å². The minimum Gasteiger partial charge on any atom is -0.323 e. The minimum atomic E-state index is -0.501. The molecule has 0 radical (unpaired) electrons. The molecule has 0 aliphatic heterocycles. The van der Waals surface area contributed by atoms with Crippen LogP contribution >= 0.6 is 0 Å². The highest BCUT2D eigenvalue weighted by atomic mass is 19.1. The Morgan fingerprint density at radius 1 is 1.16 bits per heavy atom. The number of carbonyl (C=O) groups is 1. The van der Waals surface area contributed by atoms with Crippen LogP contribution in [0.1, 0.15) is 24.1 Å². The predicted molar refractivity (Wildman–Crippen MR) is 92.7 cm³/mol. The van der Waals surface area contributed by atoms with Gasteiger partial charge in [0.1, 0.15) is 11.6 Å². The van der Waals surface area contributed by atoms with Gasteiger partial charge < -0.3 is 5.32 Å². The van der Waals surface area contributed by atoms with Crippen molar-refractivity contribution in [1.29, 1.82) is 0 Å². The molecular formula is C19H15F2N3O. The van der Waals surface area contributed by atoms with E-state index in [9.17, 15) is 13.6 Å². The molecule has 1 aromatic heterocycles. The third-order valence-corrected chi connectivity index (χ3v) is 4.19. The number of rotatable bonds is 4. The van der Waals surface area contributed by atoms with E-state index in [0.29, 0.717) is 16.6 Å². The Hall–Kier alpha value is -3.02. The number of anilines is 1. The molecule has 25 heavy (non-hydrogen) atoms. The van der Waals surface area contributed by atoms with Crippen molar-refractivity contribution in [3.63, 3.8) is 0 Å². The minimum absolute atomic E-state index is 0.00251. The number of amides is 1. The summed E-state index contributed by atoms with van der Waals surface area (Å²) in [6.45, 7) is 0. The van der Waals surface area contributed by atoms with Crippen LogP contribution in [0.25, 0.3) is 23.1 Å². The summed E-state index contributed by atoms with van der Waals surface area (Å²) in [4.78, 5) is 11.9. The number of aromatic nitrogens is 2. The van der Waals surface area contributed by atoms with Crippen LogP contribution in [0.15, 0.2) is 36.4 Å². The van der Waals surface area contributed by atoms with Crippen molar-refractivity contribution in [3.05, 3.63) is 59.3 Å².